The summed E-state index contributed by atoms with van der Waals surface area (Å²) in [5.41, 5.74) is -0.248. The van der Waals surface area contributed by atoms with Gasteiger partial charge in [0.1, 0.15) is 5.52 Å². The Bertz CT molecular complexity index is 1310. The number of phenols is 4. The second kappa shape index (κ2) is 5.88. The Morgan fingerprint density at radius 1 is 0.893 bits per heavy atom. The fourth-order valence-electron chi connectivity index (χ4n) is 3.19. The SMILES string of the molecule is O=C(c1cccc([N+](=O)[O-])c1)n1c2cc(O)c(O)cc2c2ccc(O)c(O)c21. The van der Waals surface area contributed by atoms with Crippen molar-refractivity contribution in [2.75, 3.05) is 0 Å². The van der Waals surface area contributed by atoms with Gasteiger partial charge in [0.2, 0.25) is 0 Å². The molecule has 0 atom stereocenters. The Hall–Kier alpha value is -4.27. The third kappa shape index (κ3) is 2.37. The summed E-state index contributed by atoms with van der Waals surface area (Å²) >= 11 is 0. The molecule has 4 N–H and O–H groups in total. The minimum absolute atomic E-state index is 0.0386. The molecule has 0 unspecified atom stereocenters. The van der Waals surface area contributed by atoms with Gasteiger partial charge in [-0.15, -0.1) is 0 Å². The highest BCUT2D eigenvalue weighted by Crippen LogP contribution is 2.42. The molecule has 3 aromatic carbocycles. The molecule has 1 heterocycles. The van der Waals surface area contributed by atoms with Crippen LogP contribution < -0.4 is 0 Å². The van der Waals surface area contributed by atoms with Crippen LogP contribution in [0.4, 0.5) is 5.69 Å². The zero-order chi connectivity index (χ0) is 20.2. The minimum atomic E-state index is -0.727. The number of aromatic nitrogens is 1. The molecule has 0 radical (unpaired) electrons. The number of aromatic hydroxyl groups is 4. The second-order valence-corrected chi connectivity index (χ2v) is 6.14. The predicted octanol–water partition coefficient (Wildman–Crippen LogP) is 3.21. The van der Waals surface area contributed by atoms with Gasteiger partial charge in [0.25, 0.3) is 11.6 Å². The number of hydrogen-bond donors (Lipinski definition) is 4. The molecule has 0 aliphatic rings. The van der Waals surface area contributed by atoms with Gasteiger partial charge in [-0.1, -0.05) is 6.07 Å². The molecule has 140 valence electrons. The number of rotatable bonds is 2. The lowest BCUT2D eigenvalue weighted by atomic mass is 10.1. The number of nitro groups is 1. The van der Waals surface area contributed by atoms with Gasteiger partial charge in [0.15, 0.2) is 23.0 Å². The van der Waals surface area contributed by atoms with E-state index in [9.17, 15) is 35.3 Å². The Labute approximate surface area is 156 Å². The van der Waals surface area contributed by atoms with Crippen molar-refractivity contribution in [2.24, 2.45) is 0 Å². The third-order valence-corrected chi connectivity index (χ3v) is 4.48. The van der Waals surface area contributed by atoms with Gasteiger partial charge in [-0.3, -0.25) is 19.5 Å². The zero-order valence-electron chi connectivity index (χ0n) is 14.0. The van der Waals surface area contributed by atoms with E-state index in [1.165, 1.54) is 36.4 Å². The van der Waals surface area contributed by atoms with Crippen LogP contribution in [0.25, 0.3) is 21.8 Å². The molecule has 0 saturated carbocycles. The first kappa shape index (κ1) is 17.2. The first-order chi connectivity index (χ1) is 13.3. The van der Waals surface area contributed by atoms with Gasteiger partial charge in [-0.2, -0.15) is 0 Å². The molecule has 0 aliphatic heterocycles. The van der Waals surface area contributed by atoms with Crippen LogP contribution in [-0.2, 0) is 0 Å². The highest BCUT2D eigenvalue weighted by molar-refractivity contribution is 6.18. The summed E-state index contributed by atoms with van der Waals surface area (Å²) in [6, 6.07) is 10.1. The summed E-state index contributed by atoms with van der Waals surface area (Å²) in [7, 11) is 0. The van der Waals surface area contributed by atoms with Crippen LogP contribution in [0, 0.1) is 10.1 Å². The normalized spacial score (nSPS) is 11.1. The number of carbonyl (C=O) groups is 1. The second-order valence-electron chi connectivity index (χ2n) is 6.14. The molecule has 0 fully saturated rings. The number of benzene rings is 3. The lowest BCUT2D eigenvalue weighted by molar-refractivity contribution is -0.384. The first-order valence-electron chi connectivity index (χ1n) is 7.99. The van der Waals surface area contributed by atoms with Crippen molar-refractivity contribution in [1.82, 2.24) is 4.57 Å². The molecule has 0 amide bonds. The Kier molecular flexibility index (Phi) is 3.60. The highest BCUT2D eigenvalue weighted by Gasteiger charge is 2.24. The quantitative estimate of drug-likeness (QED) is 0.237. The lowest BCUT2D eigenvalue weighted by Crippen LogP contribution is -2.12. The fourth-order valence-corrected chi connectivity index (χ4v) is 3.19. The van der Waals surface area contributed by atoms with E-state index in [0.717, 1.165) is 16.7 Å². The summed E-state index contributed by atoms with van der Waals surface area (Å²) in [4.78, 5) is 23.6. The van der Waals surface area contributed by atoms with Crippen molar-refractivity contribution >= 4 is 33.4 Å². The van der Waals surface area contributed by atoms with Crippen LogP contribution in [0.5, 0.6) is 23.0 Å². The van der Waals surface area contributed by atoms with Crippen molar-refractivity contribution in [3.63, 3.8) is 0 Å². The van der Waals surface area contributed by atoms with Crippen LogP contribution in [0.3, 0.4) is 0 Å². The third-order valence-electron chi connectivity index (χ3n) is 4.48. The molecule has 4 aromatic rings. The van der Waals surface area contributed by atoms with Gasteiger partial charge in [0, 0.05) is 34.5 Å². The van der Waals surface area contributed by atoms with E-state index < -0.39 is 33.8 Å². The summed E-state index contributed by atoms with van der Waals surface area (Å²) in [6.07, 6.45) is 0. The van der Waals surface area contributed by atoms with Gasteiger partial charge >= 0.3 is 0 Å². The molecule has 0 bridgehead atoms. The Morgan fingerprint density at radius 2 is 1.61 bits per heavy atom. The molecule has 0 spiro atoms. The van der Waals surface area contributed by atoms with Crippen molar-refractivity contribution in [2.45, 2.75) is 0 Å². The van der Waals surface area contributed by atoms with E-state index in [4.69, 9.17) is 0 Å². The number of nitro benzene ring substituents is 1. The van der Waals surface area contributed by atoms with E-state index in [0.29, 0.717) is 10.8 Å². The Balaban J connectivity index is 2.11. The topological polar surface area (TPSA) is 146 Å². The maximum Gasteiger partial charge on any atom is 0.270 e. The monoisotopic (exact) mass is 380 g/mol. The average molecular weight is 380 g/mol. The zero-order valence-corrected chi connectivity index (χ0v) is 14.0. The van der Waals surface area contributed by atoms with Crippen LogP contribution in [0.1, 0.15) is 10.4 Å². The summed E-state index contributed by atoms with van der Waals surface area (Å²) in [5.74, 6) is -2.70. The fraction of sp³-hybridized carbons (Fsp3) is 0. The number of phenolic OH excluding ortho intramolecular Hbond substituents is 4. The minimum Gasteiger partial charge on any atom is -0.504 e. The van der Waals surface area contributed by atoms with Crippen molar-refractivity contribution in [3.05, 3.63) is 64.2 Å². The van der Waals surface area contributed by atoms with Gasteiger partial charge in [-0.25, -0.2) is 0 Å². The van der Waals surface area contributed by atoms with Gasteiger partial charge in [0.05, 0.1) is 10.4 Å². The number of nitrogens with zero attached hydrogens (tertiary/aromatic N) is 2. The van der Waals surface area contributed by atoms with Crippen LogP contribution in [-0.4, -0.2) is 35.8 Å². The van der Waals surface area contributed by atoms with Crippen LogP contribution in [0.15, 0.2) is 48.5 Å². The number of carbonyl (C=O) groups excluding carboxylic acids is 1. The maximum absolute atomic E-state index is 13.2. The van der Waals surface area contributed by atoms with Crippen molar-refractivity contribution in [3.8, 4) is 23.0 Å². The highest BCUT2D eigenvalue weighted by atomic mass is 16.6. The van der Waals surface area contributed by atoms with E-state index >= 15 is 0 Å². The van der Waals surface area contributed by atoms with Crippen LogP contribution in [0.2, 0.25) is 0 Å². The number of non-ortho nitro benzene ring substituents is 1. The van der Waals surface area contributed by atoms with Gasteiger partial charge < -0.3 is 20.4 Å². The molecular weight excluding hydrogens is 368 g/mol. The first-order valence-corrected chi connectivity index (χ1v) is 7.99. The summed E-state index contributed by atoms with van der Waals surface area (Å²) in [5, 5.41) is 51.6. The standard InChI is InChI=1S/C19H12N2O7/c22-14-5-4-11-12-7-15(23)16(24)8-13(12)20(17(11)18(14)25)19(26)9-2-1-3-10(6-9)21(27)28/h1-8,22-25H. The molecule has 9 nitrogen and oxygen atoms in total. The van der Waals surface area contributed by atoms with E-state index in [1.54, 1.807) is 0 Å². The molecule has 9 heteroatoms. The van der Waals surface area contributed by atoms with Crippen molar-refractivity contribution in [1.29, 1.82) is 0 Å². The molecule has 4 rings (SSSR count). The Morgan fingerprint density at radius 3 is 2.32 bits per heavy atom. The predicted molar refractivity (Wildman–Crippen MR) is 98.9 cm³/mol. The average Bonchev–Trinajstić information content (AvgIpc) is 2.98. The molecule has 1 aromatic heterocycles. The number of hydrogen-bond acceptors (Lipinski definition) is 7. The van der Waals surface area contributed by atoms with E-state index in [-0.39, 0.29) is 22.3 Å². The summed E-state index contributed by atoms with van der Waals surface area (Å²) < 4.78 is 1.03. The van der Waals surface area contributed by atoms with Gasteiger partial charge in [-0.05, 0) is 24.3 Å². The molecule has 0 saturated heterocycles. The van der Waals surface area contributed by atoms with E-state index in [2.05, 4.69) is 0 Å². The largest absolute Gasteiger partial charge is 0.504 e. The van der Waals surface area contributed by atoms with E-state index in [1.807, 2.05) is 0 Å². The molecular formula is C19H12N2O7. The van der Waals surface area contributed by atoms with Crippen molar-refractivity contribution < 1.29 is 30.1 Å². The smallest absolute Gasteiger partial charge is 0.270 e. The van der Waals surface area contributed by atoms with Crippen LogP contribution >= 0.6 is 0 Å². The maximum atomic E-state index is 13.2. The molecule has 0 aliphatic carbocycles. The summed E-state index contributed by atoms with van der Waals surface area (Å²) in [6.45, 7) is 0. The number of fused-ring (bicyclic) bond motifs is 3. The lowest BCUT2D eigenvalue weighted by Gasteiger charge is -2.08. The molecule has 28 heavy (non-hydrogen) atoms.